The lowest BCUT2D eigenvalue weighted by atomic mass is 9.58. The van der Waals surface area contributed by atoms with Gasteiger partial charge in [-0.1, -0.05) is 25.0 Å². The van der Waals surface area contributed by atoms with Crippen molar-refractivity contribution < 1.29 is 23.7 Å². The molecule has 1 heterocycles. The summed E-state index contributed by atoms with van der Waals surface area (Å²) < 4.78 is 23.1. The molecule has 176 valence electrons. The lowest BCUT2D eigenvalue weighted by Crippen LogP contribution is -2.44. The van der Waals surface area contributed by atoms with Crippen LogP contribution in [-0.2, 0) is 0 Å². The molecule has 0 bridgehead atoms. The summed E-state index contributed by atoms with van der Waals surface area (Å²) in [4.78, 5) is 11.8. The van der Waals surface area contributed by atoms with E-state index in [0.717, 1.165) is 25.7 Å². The van der Waals surface area contributed by atoms with Gasteiger partial charge < -0.3 is 23.7 Å². The van der Waals surface area contributed by atoms with Crippen molar-refractivity contribution in [3.8, 4) is 17.2 Å². The maximum Gasteiger partial charge on any atom is 0.336 e. The Morgan fingerprint density at radius 3 is 2.59 bits per heavy atom. The quantitative estimate of drug-likeness (QED) is 0.437. The SMILES string of the molecule is COc1cc2ccc(=O)oc2c(OC)c1OC[C@@]1(C)[C@@H](C)CCC(=C(C)C)[C@@H]1CCCO. The van der Waals surface area contributed by atoms with Gasteiger partial charge in [-0.05, 0) is 63.5 Å². The van der Waals surface area contributed by atoms with Crippen LogP contribution >= 0.6 is 0 Å². The number of hydrogen-bond donors (Lipinski definition) is 1. The van der Waals surface area contributed by atoms with Crippen molar-refractivity contribution in [3.05, 3.63) is 39.8 Å². The fourth-order valence-electron chi connectivity index (χ4n) is 5.10. The third-order valence-electron chi connectivity index (χ3n) is 7.22. The molecule has 3 rings (SSSR count). The first-order valence-electron chi connectivity index (χ1n) is 11.4. The predicted molar refractivity (Wildman–Crippen MR) is 126 cm³/mol. The fourth-order valence-corrected chi connectivity index (χ4v) is 5.10. The second-order valence-electron chi connectivity index (χ2n) is 9.29. The van der Waals surface area contributed by atoms with Gasteiger partial charge in [0.25, 0.3) is 0 Å². The van der Waals surface area contributed by atoms with E-state index in [1.54, 1.807) is 19.2 Å². The molecule has 0 spiro atoms. The van der Waals surface area contributed by atoms with Gasteiger partial charge in [-0.15, -0.1) is 0 Å². The van der Waals surface area contributed by atoms with E-state index in [4.69, 9.17) is 18.6 Å². The van der Waals surface area contributed by atoms with Crippen molar-refractivity contribution in [2.45, 2.75) is 53.4 Å². The summed E-state index contributed by atoms with van der Waals surface area (Å²) in [5, 5.41) is 10.2. The highest BCUT2D eigenvalue weighted by Gasteiger charge is 2.45. The van der Waals surface area contributed by atoms with Crippen LogP contribution < -0.4 is 19.8 Å². The first-order valence-corrected chi connectivity index (χ1v) is 11.4. The van der Waals surface area contributed by atoms with Crippen LogP contribution in [0.3, 0.4) is 0 Å². The molecule has 3 atom stereocenters. The molecule has 0 unspecified atom stereocenters. The lowest BCUT2D eigenvalue weighted by Gasteiger charge is -2.48. The van der Waals surface area contributed by atoms with Crippen molar-refractivity contribution >= 4 is 11.0 Å². The van der Waals surface area contributed by atoms with Gasteiger partial charge in [0.05, 0.1) is 20.8 Å². The topological polar surface area (TPSA) is 78.1 Å². The molecule has 1 fully saturated rings. The van der Waals surface area contributed by atoms with Crippen LogP contribution in [0.5, 0.6) is 17.2 Å². The molecule has 32 heavy (non-hydrogen) atoms. The fraction of sp³-hybridized carbons (Fsp3) is 0.577. The molecule has 0 radical (unpaired) electrons. The molecular weight excluding hydrogens is 408 g/mol. The van der Waals surface area contributed by atoms with Crippen molar-refractivity contribution in [3.63, 3.8) is 0 Å². The zero-order valence-electron chi connectivity index (χ0n) is 20.1. The molecule has 2 aromatic rings. The third-order valence-corrected chi connectivity index (χ3v) is 7.22. The van der Waals surface area contributed by atoms with Crippen LogP contribution in [0.1, 0.15) is 53.4 Å². The molecule has 1 aromatic heterocycles. The smallest absolute Gasteiger partial charge is 0.336 e. The summed E-state index contributed by atoms with van der Waals surface area (Å²) in [6.45, 7) is 9.55. The van der Waals surface area contributed by atoms with E-state index < -0.39 is 5.63 Å². The Kier molecular flexibility index (Phi) is 7.55. The van der Waals surface area contributed by atoms with Gasteiger partial charge in [0.2, 0.25) is 11.5 Å². The minimum Gasteiger partial charge on any atom is -0.493 e. The molecule has 1 aliphatic carbocycles. The summed E-state index contributed by atoms with van der Waals surface area (Å²) in [5.74, 6) is 2.09. The van der Waals surface area contributed by atoms with Gasteiger partial charge in [-0.25, -0.2) is 4.79 Å². The van der Waals surface area contributed by atoms with Crippen LogP contribution in [0.2, 0.25) is 0 Å². The van der Waals surface area contributed by atoms with Gasteiger partial charge >= 0.3 is 5.63 Å². The van der Waals surface area contributed by atoms with E-state index >= 15 is 0 Å². The maximum absolute atomic E-state index is 11.8. The standard InChI is InChI=1S/C26H36O6/c1-16(2)19-11-9-17(3)26(4,20(19)8-7-13-27)15-31-24-21(29-5)14-18-10-12-22(28)32-23(18)25(24)30-6/h10,12,14,17,20,27H,7-9,11,13,15H2,1-6H3/t17-,20-,26-/m0/s1. The van der Waals surface area contributed by atoms with Crippen LogP contribution in [0.25, 0.3) is 11.0 Å². The molecule has 6 nitrogen and oxygen atoms in total. The molecular formula is C26H36O6. The highest BCUT2D eigenvalue weighted by atomic mass is 16.5. The van der Waals surface area contributed by atoms with Crippen molar-refractivity contribution in [2.24, 2.45) is 17.3 Å². The summed E-state index contributed by atoms with van der Waals surface area (Å²) in [7, 11) is 3.12. The molecule has 1 aliphatic rings. The Morgan fingerprint density at radius 2 is 1.97 bits per heavy atom. The molecule has 1 N–H and O–H groups in total. The van der Waals surface area contributed by atoms with E-state index in [2.05, 4.69) is 27.7 Å². The molecule has 1 saturated carbocycles. The molecule has 0 aliphatic heterocycles. The average Bonchev–Trinajstić information content (AvgIpc) is 2.77. The highest BCUT2D eigenvalue weighted by molar-refractivity contribution is 5.88. The minimum atomic E-state index is -0.447. The monoisotopic (exact) mass is 444 g/mol. The van der Waals surface area contributed by atoms with E-state index in [1.165, 1.54) is 24.3 Å². The largest absolute Gasteiger partial charge is 0.493 e. The Bertz CT molecular complexity index is 1030. The number of ether oxygens (including phenoxy) is 3. The Hall–Kier alpha value is -2.47. The summed E-state index contributed by atoms with van der Waals surface area (Å²) in [6.07, 6.45) is 3.86. The van der Waals surface area contributed by atoms with Gasteiger partial charge in [0.15, 0.2) is 11.3 Å². The number of benzene rings is 1. The average molecular weight is 445 g/mol. The first kappa shape index (κ1) is 24.2. The van der Waals surface area contributed by atoms with Crippen LogP contribution in [0.4, 0.5) is 0 Å². The Morgan fingerprint density at radius 1 is 1.22 bits per heavy atom. The van der Waals surface area contributed by atoms with Crippen molar-refractivity contribution in [1.29, 1.82) is 0 Å². The maximum atomic E-state index is 11.8. The number of aliphatic hydroxyl groups is 1. The number of allylic oxidation sites excluding steroid dienone is 2. The number of fused-ring (bicyclic) bond motifs is 1. The van der Waals surface area contributed by atoms with Gasteiger partial charge in [-0.2, -0.15) is 0 Å². The lowest BCUT2D eigenvalue weighted by molar-refractivity contribution is 0.0217. The second-order valence-corrected chi connectivity index (χ2v) is 9.29. The number of aliphatic hydroxyl groups excluding tert-OH is 1. The second kappa shape index (κ2) is 9.99. The molecule has 6 heteroatoms. The van der Waals surface area contributed by atoms with Crippen LogP contribution in [0, 0.1) is 17.3 Å². The highest BCUT2D eigenvalue weighted by Crippen LogP contribution is 2.52. The summed E-state index contributed by atoms with van der Waals surface area (Å²) >= 11 is 0. The molecule has 0 saturated heterocycles. The van der Waals surface area contributed by atoms with Crippen molar-refractivity contribution in [1.82, 2.24) is 0 Å². The van der Waals surface area contributed by atoms with Gasteiger partial charge in [-0.3, -0.25) is 0 Å². The summed E-state index contributed by atoms with van der Waals surface area (Å²) in [5.41, 5.74) is 2.60. The molecule has 1 aromatic carbocycles. The van der Waals surface area contributed by atoms with Crippen LogP contribution in [-0.4, -0.2) is 32.5 Å². The number of hydrogen-bond acceptors (Lipinski definition) is 6. The normalized spacial score (nSPS) is 23.3. The predicted octanol–water partition coefficient (Wildman–Crippen LogP) is 5.35. The van der Waals surface area contributed by atoms with Crippen molar-refractivity contribution in [2.75, 3.05) is 27.4 Å². The van der Waals surface area contributed by atoms with Crippen LogP contribution in [0.15, 0.2) is 38.6 Å². The van der Waals surface area contributed by atoms with Gasteiger partial charge in [0.1, 0.15) is 0 Å². The zero-order valence-corrected chi connectivity index (χ0v) is 20.1. The Balaban J connectivity index is 2.04. The minimum absolute atomic E-state index is 0.136. The van der Waals surface area contributed by atoms with E-state index in [0.29, 0.717) is 46.7 Å². The summed E-state index contributed by atoms with van der Waals surface area (Å²) in [6, 6.07) is 4.86. The Labute approximate surface area is 190 Å². The third kappa shape index (κ3) is 4.51. The van der Waals surface area contributed by atoms with Gasteiger partial charge in [0, 0.05) is 23.5 Å². The van der Waals surface area contributed by atoms with E-state index in [-0.39, 0.29) is 12.0 Å². The first-order chi connectivity index (χ1) is 15.3. The number of rotatable bonds is 8. The zero-order chi connectivity index (χ0) is 23.5. The van der Waals surface area contributed by atoms with E-state index in [1.807, 2.05) is 0 Å². The van der Waals surface area contributed by atoms with E-state index in [9.17, 15) is 9.90 Å². The molecule has 0 amide bonds. The number of methoxy groups -OCH3 is 2.